The Morgan fingerprint density at radius 1 is 1.26 bits per heavy atom. The lowest BCUT2D eigenvalue weighted by molar-refractivity contribution is -0.206. The molecule has 0 radical (unpaired) electrons. The number of aryl methyl sites for hydroxylation is 1. The van der Waals surface area contributed by atoms with E-state index in [1.807, 2.05) is 18.2 Å². The third-order valence-corrected chi connectivity index (χ3v) is 5.94. The average Bonchev–Trinajstić information content (AvgIpc) is 3.43. The number of rotatable bonds is 7. The molecule has 3 aromatic rings. The Morgan fingerprint density at radius 2 is 2.00 bits per heavy atom. The molecular weight excluding hydrogens is 451 g/mol. The van der Waals surface area contributed by atoms with Crippen LogP contribution >= 0.6 is 0 Å². The van der Waals surface area contributed by atoms with Crippen molar-refractivity contribution in [3.8, 4) is 5.95 Å². The van der Waals surface area contributed by atoms with E-state index in [2.05, 4.69) is 15.1 Å². The van der Waals surface area contributed by atoms with Crippen molar-refractivity contribution in [3.63, 3.8) is 0 Å². The van der Waals surface area contributed by atoms with Gasteiger partial charge in [-0.1, -0.05) is 30.3 Å². The van der Waals surface area contributed by atoms with E-state index in [1.54, 1.807) is 19.1 Å². The zero-order chi connectivity index (χ0) is 24.5. The number of aliphatic hydroxyl groups is 1. The molecule has 1 aliphatic rings. The average molecular weight is 475 g/mol. The van der Waals surface area contributed by atoms with E-state index in [-0.39, 0.29) is 23.6 Å². The zero-order valence-corrected chi connectivity index (χ0v) is 18.5. The highest BCUT2D eigenvalue weighted by Gasteiger charge is 2.40. The molecule has 0 fully saturated rings. The quantitative estimate of drug-likeness (QED) is 0.546. The lowest BCUT2D eigenvalue weighted by Gasteiger charge is -2.26. The Balaban J connectivity index is 1.61. The van der Waals surface area contributed by atoms with E-state index in [4.69, 9.17) is 0 Å². The number of nitrogens with one attached hydrogen (secondary N) is 1. The van der Waals surface area contributed by atoms with E-state index in [0.29, 0.717) is 36.2 Å². The van der Waals surface area contributed by atoms with Crippen LogP contribution in [-0.2, 0) is 19.3 Å². The number of benzene rings is 1. The normalized spacial score (nSPS) is 14.1. The van der Waals surface area contributed by atoms with Crippen LogP contribution in [0, 0.1) is 6.92 Å². The van der Waals surface area contributed by atoms with Crippen LogP contribution in [0.1, 0.15) is 39.3 Å². The van der Waals surface area contributed by atoms with Gasteiger partial charge >= 0.3 is 6.18 Å². The summed E-state index contributed by atoms with van der Waals surface area (Å²) in [6.07, 6.45) is -3.85. The summed E-state index contributed by atoms with van der Waals surface area (Å²) < 4.78 is 40.4. The van der Waals surface area contributed by atoms with Crippen molar-refractivity contribution in [2.45, 2.75) is 44.9 Å². The molecular formula is C23H24F3N5O3. The molecule has 1 aromatic carbocycles. The Bertz CT molecular complexity index is 1240. The second kappa shape index (κ2) is 9.41. The minimum atomic E-state index is -4.86. The number of H-pyrrole nitrogens is 1. The summed E-state index contributed by atoms with van der Waals surface area (Å²) in [5.74, 6) is -0.556. The molecule has 34 heavy (non-hydrogen) atoms. The largest absolute Gasteiger partial charge is 0.416 e. The van der Waals surface area contributed by atoms with Gasteiger partial charge in [-0.05, 0) is 38.2 Å². The standard InChI is InChI=1S/C23H24F3N5O3/c1-14-17(12-27-31(14)22-28-18-9-5-8-16(18)20(33)29-22)21(34)30(13-19(32)23(24,25)26)11-10-15-6-3-2-4-7-15/h2-4,6-7,12,19,32H,5,8-11,13H2,1H3,(H,28,29,33). The number of nitrogens with zero attached hydrogens (tertiary/aromatic N) is 4. The summed E-state index contributed by atoms with van der Waals surface area (Å²) in [6, 6.07) is 9.02. The fourth-order valence-electron chi connectivity index (χ4n) is 4.03. The van der Waals surface area contributed by atoms with Crippen molar-refractivity contribution in [2.75, 3.05) is 13.1 Å². The number of aromatic nitrogens is 4. The molecule has 1 amide bonds. The predicted molar refractivity (Wildman–Crippen MR) is 117 cm³/mol. The van der Waals surface area contributed by atoms with Crippen LogP contribution in [-0.4, -0.2) is 61.0 Å². The summed E-state index contributed by atoms with van der Waals surface area (Å²) in [5.41, 5.74) is 2.27. The summed E-state index contributed by atoms with van der Waals surface area (Å²) in [5, 5.41) is 13.8. The minimum absolute atomic E-state index is 0.0332. The van der Waals surface area contributed by atoms with Crippen molar-refractivity contribution in [1.82, 2.24) is 24.6 Å². The topological polar surface area (TPSA) is 104 Å². The predicted octanol–water partition coefficient (Wildman–Crippen LogP) is 2.36. The van der Waals surface area contributed by atoms with Gasteiger partial charge in [0.1, 0.15) is 0 Å². The molecule has 11 heteroatoms. The molecule has 180 valence electrons. The zero-order valence-electron chi connectivity index (χ0n) is 18.5. The molecule has 0 aliphatic heterocycles. The number of amides is 1. The molecule has 1 aliphatic carbocycles. The molecule has 0 bridgehead atoms. The summed E-state index contributed by atoms with van der Waals surface area (Å²) in [6.45, 7) is 0.630. The van der Waals surface area contributed by atoms with Gasteiger partial charge in [0.05, 0.1) is 29.7 Å². The fraction of sp³-hybridized carbons (Fsp3) is 0.391. The summed E-state index contributed by atoms with van der Waals surface area (Å²) in [7, 11) is 0. The van der Waals surface area contributed by atoms with Gasteiger partial charge in [0.25, 0.3) is 11.5 Å². The van der Waals surface area contributed by atoms with Crippen LogP contribution in [0.4, 0.5) is 13.2 Å². The highest BCUT2D eigenvalue weighted by atomic mass is 19.4. The summed E-state index contributed by atoms with van der Waals surface area (Å²) in [4.78, 5) is 33.7. The number of alkyl halides is 3. The molecule has 2 N–H and O–H groups in total. The smallest absolute Gasteiger partial charge is 0.382 e. The Kier molecular flexibility index (Phi) is 6.56. The number of hydrogen-bond acceptors (Lipinski definition) is 5. The van der Waals surface area contributed by atoms with Crippen molar-refractivity contribution < 1.29 is 23.1 Å². The lowest BCUT2D eigenvalue weighted by atomic mass is 10.1. The summed E-state index contributed by atoms with van der Waals surface area (Å²) >= 11 is 0. The van der Waals surface area contributed by atoms with Gasteiger partial charge in [-0.2, -0.15) is 18.3 Å². The van der Waals surface area contributed by atoms with Crippen LogP contribution in [0.25, 0.3) is 5.95 Å². The Morgan fingerprint density at radius 3 is 2.71 bits per heavy atom. The maximum atomic E-state index is 13.2. The highest BCUT2D eigenvalue weighted by molar-refractivity contribution is 5.95. The molecule has 8 nitrogen and oxygen atoms in total. The number of carbonyl (C=O) groups is 1. The molecule has 0 spiro atoms. The molecule has 2 heterocycles. The monoisotopic (exact) mass is 475 g/mol. The molecule has 2 aromatic heterocycles. The molecule has 0 saturated heterocycles. The first-order chi connectivity index (χ1) is 16.1. The molecule has 1 unspecified atom stereocenters. The second-order valence-corrected chi connectivity index (χ2v) is 8.27. The third-order valence-electron chi connectivity index (χ3n) is 5.94. The van der Waals surface area contributed by atoms with Crippen LogP contribution < -0.4 is 5.56 Å². The van der Waals surface area contributed by atoms with Crippen molar-refractivity contribution in [1.29, 1.82) is 0 Å². The van der Waals surface area contributed by atoms with Crippen LogP contribution in [0.2, 0.25) is 0 Å². The highest BCUT2D eigenvalue weighted by Crippen LogP contribution is 2.23. The maximum absolute atomic E-state index is 13.2. The van der Waals surface area contributed by atoms with E-state index < -0.39 is 24.7 Å². The van der Waals surface area contributed by atoms with Crippen LogP contribution in [0.3, 0.4) is 0 Å². The van der Waals surface area contributed by atoms with Crippen LogP contribution in [0.15, 0.2) is 41.3 Å². The molecule has 1 atom stereocenters. The Hall–Kier alpha value is -3.47. The first-order valence-corrected chi connectivity index (χ1v) is 10.9. The number of fused-ring (bicyclic) bond motifs is 1. The SMILES string of the molecule is Cc1c(C(=O)N(CCc2ccccc2)CC(O)C(F)(F)F)cnn1-c1nc2c(c(=O)[nH]1)CCC2. The fourth-order valence-corrected chi connectivity index (χ4v) is 4.03. The number of hydrogen-bond donors (Lipinski definition) is 2. The number of aliphatic hydroxyl groups excluding tert-OH is 1. The van der Waals surface area contributed by atoms with Gasteiger partial charge in [0, 0.05) is 12.1 Å². The van der Waals surface area contributed by atoms with Gasteiger partial charge in [-0.3, -0.25) is 14.6 Å². The van der Waals surface area contributed by atoms with Gasteiger partial charge in [0.2, 0.25) is 5.95 Å². The number of aromatic amines is 1. The van der Waals surface area contributed by atoms with Gasteiger partial charge in [-0.15, -0.1) is 0 Å². The van der Waals surface area contributed by atoms with E-state index in [0.717, 1.165) is 16.9 Å². The van der Waals surface area contributed by atoms with Crippen LogP contribution in [0.5, 0.6) is 0 Å². The minimum Gasteiger partial charge on any atom is -0.382 e. The number of halogens is 3. The Labute approximate surface area is 193 Å². The number of carbonyl (C=O) groups excluding carboxylic acids is 1. The van der Waals surface area contributed by atoms with E-state index in [9.17, 15) is 27.9 Å². The second-order valence-electron chi connectivity index (χ2n) is 8.27. The van der Waals surface area contributed by atoms with Gasteiger partial charge in [0.15, 0.2) is 6.10 Å². The van der Waals surface area contributed by atoms with Gasteiger partial charge in [-0.25, -0.2) is 9.67 Å². The lowest BCUT2D eigenvalue weighted by Crippen LogP contribution is -2.44. The van der Waals surface area contributed by atoms with Crippen molar-refractivity contribution in [2.24, 2.45) is 0 Å². The molecule has 0 saturated carbocycles. The first kappa shape index (κ1) is 23.7. The molecule has 4 rings (SSSR count). The van der Waals surface area contributed by atoms with Crippen molar-refractivity contribution in [3.05, 3.63) is 75.0 Å². The van der Waals surface area contributed by atoms with Crippen molar-refractivity contribution >= 4 is 5.91 Å². The first-order valence-electron chi connectivity index (χ1n) is 10.9. The van der Waals surface area contributed by atoms with E-state index >= 15 is 0 Å². The third kappa shape index (κ3) is 4.89. The van der Waals surface area contributed by atoms with E-state index in [1.165, 1.54) is 10.9 Å². The van der Waals surface area contributed by atoms with Gasteiger partial charge < -0.3 is 10.0 Å². The maximum Gasteiger partial charge on any atom is 0.416 e.